The number of sulfone groups is 1. The summed E-state index contributed by atoms with van der Waals surface area (Å²) < 4.78 is 25.3. The molecule has 4 rings (SSSR count). The number of aryl methyl sites for hydroxylation is 2. The summed E-state index contributed by atoms with van der Waals surface area (Å²) in [4.78, 5) is 25.5. The monoisotopic (exact) mass is 452 g/mol. The van der Waals surface area contributed by atoms with Crippen LogP contribution in [0, 0.1) is 13.8 Å². The van der Waals surface area contributed by atoms with Crippen LogP contribution in [0.2, 0.25) is 0 Å². The van der Waals surface area contributed by atoms with E-state index in [-0.39, 0.29) is 29.4 Å². The van der Waals surface area contributed by atoms with E-state index in [4.69, 9.17) is 0 Å². The minimum atomic E-state index is -3.09. The highest BCUT2D eigenvalue weighted by molar-refractivity contribution is 7.91. The van der Waals surface area contributed by atoms with Crippen molar-refractivity contribution in [3.8, 4) is 0 Å². The molecular weight excluding hydrogens is 428 g/mol. The molecule has 2 N–H and O–H groups in total. The van der Waals surface area contributed by atoms with Crippen LogP contribution in [0.15, 0.2) is 54.6 Å². The minimum Gasteiger partial charge on any atom is -0.322 e. The Balaban J connectivity index is 1.54. The van der Waals surface area contributed by atoms with Crippen LogP contribution in [0.1, 0.15) is 44.4 Å². The van der Waals surface area contributed by atoms with Gasteiger partial charge in [0.25, 0.3) is 11.8 Å². The number of hydrogen-bond donors (Lipinski definition) is 2. The Morgan fingerprint density at radius 2 is 1.69 bits per heavy atom. The molecule has 1 atom stereocenters. The lowest BCUT2D eigenvalue weighted by Gasteiger charge is -2.15. The van der Waals surface area contributed by atoms with Crippen LogP contribution in [0.4, 0.5) is 11.5 Å². The average Bonchev–Trinajstić information content (AvgIpc) is 3.31. The van der Waals surface area contributed by atoms with Crippen LogP contribution in [0.3, 0.4) is 0 Å². The quantitative estimate of drug-likeness (QED) is 0.617. The lowest BCUT2D eigenvalue weighted by molar-refractivity contribution is 0.101. The number of nitrogens with one attached hydrogen (secondary N) is 2. The molecular formula is C23H24N4O4S. The number of carbonyl (C=O) groups excluding carboxylic acids is 2. The third-order valence-electron chi connectivity index (χ3n) is 5.44. The predicted molar refractivity (Wildman–Crippen MR) is 123 cm³/mol. The highest BCUT2D eigenvalue weighted by Crippen LogP contribution is 2.27. The second kappa shape index (κ2) is 8.58. The molecule has 0 spiro atoms. The molecule has 1 unspecified atom stereocenters. The normalized spacial score (nSPS) is 17.1. The van der Waals surface area contributed by atoms with Crippen molar-refractivity contribution in [1.29, 1.82) is 0 Å². The SMILES string of the molecule is Cc1cc(NC(=O)c2ccc(C)c(NC(=O)c3ccccc3)c2)n(C2CCS(=O)(=O)C2)n1. The third kappa shape index (κ3) is 4.72. The van der Waals surface area contributed by atoms with E-state index in [1.54, 1.807) is 60.1 Å². The maximum absolute atomic E-state index is 13.0. The molecule has 1 fully saturated rings. The van der Waals surface area contributed by atoms with Crippen molar-refractivity contribution >= 4 is 33.2 Å². The van der Waals surface area contributed by atoms with Gasteiger partial charge in [0.1, 0.15) is 5.82 Å². The van der Waals surface area contributed by atoms with Gasteiger partial charge in [-0.25, -0.2) is 13.1 Å². The zero-order chi connectivity index (χ0) is 22.9. The molecule has 0 saturated carbocycles. The van der Waals surface area contributed by atoms with Gasteiger partial charge in [-0.2, -0.15) is 5.10 Å². The maximum atomic E-state index is 13.0. The minimum absolute atomic E-state index is 0.0111. The highest BCUT2D eigenvalue weighted by atomic mass is 32.2. The van der Waals surface area contributed by atoms with Gasteiger partial charge in [0.2, 0.25) is 0 Å². The Morgan fingerprint density at radius 3 is 2.38 bits per heavy atom. The number of hydrogen-bond acceptors (Lipinski definition) is 5. The van der Waals surface area contributed by atoms with Gasteiger partial charge < -0.3 is 10.6 Å². The summed E-state index contributed by atoms with van der Waals surface area (Å²) in [5, 5.41) is 10.1. The number of rotatable bonds is 5. The second-order valence-electron chi connectivity index (χ2n) is 7.98. The molecule has 0 radical (unpaired) electrons. The van der Waals surface area contributed by atoms with Gasteiger partial charge >= 0.3 is 0 Å². The van der Waals surface area contributed by atoms with E-state index in [9.17, 15) is 18.0 Å². The van der Waals surface area contributed by atoms with E-state index >= 15 is 0 Å². The summed E-state index contributed by atoms with van der Waals surface area (Å²) in [5.74, 6) is -0.0569. The van der Waals surface area contributed by atoms with E-state index in [2.05, 4.69) is 15.7 Å². The molecule has 2 aromatic carbocycles. The standard InChI is InChI=1S/C23H24N4O4S/c1-15-8-9-18(13-20(15)24-22(28)17-6-4-3-5-7-17)23(29)25-21-12-16(2)26-27(21)19-10-11-32(30,31)14-19/h3-9,12-13,19H,10-11,14H2,1-2H3,(H,24,28)(H,25,29). The van der Waals surface area contributed by atoms with Gasteiger partial charge in [0, 0.05) is 22.9 Å². The summed E-state index contributed by atoms with van der Waals surface area (Å²) in [7, 11) is -3.09. The van der Waals surface area contributed by atoms with Gasteiger partial charge in [-0.3, -0.25) is 9.59 Å². The Kier molecular flexibility index (Phi) is 5.84. The van der Waals surface area contributed by atoms with Crippen molar-refractivity contribution in [2.24, 2.45) is 0 Å². The molecule has 2 heterocycles. The Bertz CT molecular complexity index is 1280. The molecule has 3 aromatic rings. The van der Waals surface area contributed by atoms with Crippen molar-refractivity contribution < 1.29 is 18.0 Å². The van der Waals surface area contributed by atoms with Crippen LogP contribution in [0.25, 0.3) is 0 Å². The van der Waals surface area contributed by atoms with Gasteiger partial charge in [-0.15, -0.1) is 0 Å². The molecule has 8 nitrogen and oxygen atoms in total. The summed E-state index contributed by atoms with van der Waals surface area (Å²) in [6.07, 6.45) is 0.465. The van der Waals surface area contributed by atoms with E-state index in [1.807, 2.05) is 13.0 Å². The first-order valence-electron chi connectivity index (χ1n) is 10.3. The molecule has 1 aliphatic heterocycles. The van der Waals surface area contributed by atoms with Gasteiger partial charge in [0.15, 0.2) is 9.84 Å². The van der Waals surface area contributed by atoms with Gasteiger partial charge in [-0.05, 0) is 50.1 Å². The van der Waals surface area contributed by atoms with Crippen LogP contribution in [-0.4, -0.2) is 41.5 Å². The number of amides is 2. The Morgan fingerprint density at radius 1 is 0.969 bits per heavy atom. The topological polar surface area (TPSA) is 110 Å². The number of carbonyl (C=O) groups is 2. The summed E-state index contributed by atoms with van der Waals surface area (Å²) in [6.45, 7) is 3.64. The average molecular weight is 453 g/mol. The summed E-state index contributed by atoms with van der Waals surface area (Å²) in [6, 6.07) is 15.3. The number of benzene rings is 2. The van der Waals surface area contributed by atoms with E-state index in [0.717, 1.165) is 5.56 Å². The summed E-state index contributed by atoms with van der Waals surface area (Å²) >= 11 is 0. The van der Waals surface area contributed by atoms with E-state index in [0.29, 0.717) is 34.7 Å². The van der Waals surface area contributed by atoms with Crippen molar-refractivity contribution in [2.75, 3.05) is 22.1 Å². The van der Waals surface area contributed by atoms with Crippen molar-refractivity contribution in [2.45, 2.75) is 26.3 Å². The van der Waals surface area contributed by atoms with Gasteiger partial charge in [-0.1, -0.05) is 24.3 Å². The smallest absolute Gasteiger partial charge is 0.256 e. The van der Waals surface area contributed by atoms with E-state index in [1.165, 1.54) is 0 Å². The second-order valence-corrected chi connectivity index (χ2v) is 10.2. The highest BCUT2D eigenvalue weighted by Gasteiger charge is 2.31. The fraction of sp³-hybridized carbons (Fsp3) is 0.261. The zero-order valence-electron chi connectivity index (χ0n) is 17.8. The molecule has 0 bridgehead atoms. The van der Waals surface area contributed by atoms with Crippen molar-refractivity contribution in [3.63, 3.8) is 0 Å². The first kappa shape index (κ1) is 21.8. The first-order valence-corrected chi connectivity index (χ1v) is 12.1. The van der Waals surface area contributed by atoms with Crippen molar-refractivity contribution in [3.05, 3.63) is 77.0 Å². The van der Waals surface area contributed by atoms with Crippen molar-refractivity contribution in [1.82, 2.24) is 9.78 Å². The molecule has 2 amide bonds. The first-order chi connectivity index (χ1) is 15.2. The number of nitrogens with zero attached hydrogens (tertiary/aromatic N) is 2. The molecule has 1 aromatic heterocycles. The lowest BCUT2D eigenvalue weighted by Crippen LogP contribution is -2.20. The molecule has 0 aliphatic carbocycles. The Labute approximate surface area is 186 Å². The molecule has 9 heteroatoms. The van der Waals surface area contributed by atoms with Crippen LogP contribution in [-0.2, 0) is 9.84 Å². The third-order valence-corrected chi connectivity index (χ3v) is 7.19. The fourth-order valence-electron chi connectivity index (χ4n) is 3.73. The fourth-order valence-corrected chi connectivity index (χ4v) is 5.42. The predicted octanol–water partition coefficient (Wildman–Crippen LogP) is 3.36. The van der Waals surface area contributed by atoms with Crippen LogP contribution in [0.5, 0.6) is 0 Å². The van der Waals surface area contributed by atoms with Crippen LogP contribution < -0.4 is 10.6 Å². The lowest BCUT2D eigenvalue weighted by atomic mass is 10.1. The van der Waals surface area contributed by atoms with Gasteiger partial charge in [0.05, 0.1) is 23.2 Å². The zero-order valence-corrected chi connectivity index (χ0v) is 18.6. The Hall–Kier alpha value is -3.46. The molecule has 166 valence electrons. The van der Waals surface area contributed by atoms with E-state index < -0.39 is 9.84 Å². The van der Waals surface area contributed by atoms with Crippen LogP contribution >= 0.6 is 0 Å². The molecule has 32 heavy (non-hydrogen) atoms. The molecule has 1 saturated heterocycles. The largest absolute Gasteiger partial charge is 0.322 e. The maximum Gasteiger partial charge on any atom is 0.256 e. The number of aromatic nitrogens is 2. The molecule has 1 aliphatic rings. The summed E-state index contributed by atoms with van der Waals surface area (Å²) in [5.41, 5.74) is 2.93. The number of anilines is 2.